The van der Waals surface area contributed by atoms with Gasteiger partial charge in [-0.1, -0.05) is 30.3 Å². The number of esters is 2. The Balaban J connectivity index is 0.000000515. The van der Waals surface area contributed by atoms with Gasteiger partial charge in [0, 0.05) is 0 Å². The molecule has 0 heterocycles. The molecule has 0 aliphatic heterocycles. The summed E-state index contributed by atoms with van der Waals surface area (Å²) in [4.78, 5) is 33.1. The fraction of sp³-hybridized carbons (Fsp3) is 0.467. The van der Waals surface area contributed by atoms with E-state index in [1.165, 1.54) is 12.1 Å². The number of rotatable bonds is 6. The minimum absolute atomic E-state index is 0.165. The van der Waals surface area contributed by atoms with Gasteiger partial charge in [0.15, 0.2) is 6.04 Å². The molecule has 0 saturated carbocycles. The lowest BCUT2D eigenvalue weighted by atomic mass is 10.4. The molecule has 3 N–H and O–H groups in total. The highest BCUT2D eigenvalue weighted by molar-refractivity contribution is 7.65. The van der Waals surface area contributed by atoms with E-state index in [1.54, 1.807) is 39.0 Å². The van der Waals surface area contributed by atoms with E-state index in [2.05, 4.69) is 15.2 Å². The monoisotopic (exact) mass is 345 g/mol. The van der Waals surface area contributed by atoms with Gasteiger partial charge in [0.25, 0.3) is 0 Å². The van der Waals surface area contributed by atoms with Gasteiger partial charge in [0.05, 0.1) is 26.7 Å². The van der Waals surface area contributed by atoms with Gasteiger partial charge in [0.1, 0.15) is 0 Å². The molecule has 0 radical (unpaired) electrons. The SMILES string of the molecule is CCOC(=O)C(C)[NH3+].CCOC(=O)CP(=O)([O-])c1ccccc1. The van der Waals surface area contributed by atoms with Crippen molar-refractivity contribution in [1.29, 1.82) is 0 Å². The average Bonchev–Trinajstić information content (AvgIpc) is 2.48. The lowest BCUT2D eigenvalue weighted by molar-refractivity contribution is -0.402. The molecule has 2 unspecified atom stereocenters. The maximum absolute atomic E-state index is 11.6. The minimum atomic E-state index is -3.86. The van der Waals surface area contributed by atoms with Gasteiger partial charge in [-0.05, 0) is 26.1 Å². The molecule has 1 aromatic rings. The Bertz CT molecular complexity index is 532. The summed E-state index contributed by atoms with van der Waals surface area (Å²) in [6, 6.07) is 7.64. The first-order valence-electron chi connectivity index (χ1n) is 7.25. The molecule has 23 heavy (non-hydrogen) atoms. The summed E-state index contributed by atoms with van der Waals surface area (Å²) in [7, 11) is -3.86. The zero-order valence-corrected chi connectivity index (χ0v) is 14.6. The largest absolute Gasteiger partial charge is 0.796 e. The summed E-state index contributed by atoms with van der Waals surface area (Å²) in [5.74, 6) is -0.938. The zero-order chi connectivity index (χ0) is 17.9. The van der Waals surface area contributed by atoms with E-state index in [0.29, 0.717) is 6.61 Å². The number of carbonyl (C=O) groups is 2. The highest BCUT2D eigenvalue weighted by Crippen LogP contribution is 2.33. The molecule has 2 atom stereocenters. The van der Waals surface area contributed by atoms with Crippen molar-refractivity contribution in [2.24, 2.45) is 0 Å². The summed E-state index contributed by atoms with van der Waals surface area (Å²) in [6.45, 7) is 5.75. The summed E-state index contributed by atoms with van der Waals surface area (Å²) in [5, 5.41) is 0.165. The maximum atomic E-state index is 11.6. The fourth-order valence-corrected chi connectivity index (χ4v) is 2.65. The van der Waals surface area contributed by atoms with E-state index in [9.17, 15) is 19.0 Å². The Morgan fingerprint density at radius 2 is 1.70 bits per heavy atom. The number of carbonyl (C=O) groups excluding carboxylic acids is 2. The van der Waals surface area contributed by atoms with Crippen molar-refractivity contribution in [3.8, 4) is 0 Å². The minimum Gasteiger partial charge on any atom is -0.796 e. The van der Waals surface area contributed by atoms with E-state index in [4.69, 9.17) is 0 Å². The van der Waals surface area contributed by atoms with Crippen molar-refractivity contribution < 1.29 is 34.3 Å². The second kappa shape index (κ2) is 10.9. The second-order valence-electron chi connectivity index (χ2n) is 4.63. The van der Waals surface area contributed by atoms with Crippen LogP contribution in [0.3, 0.4) is 0 Å². The Labute approximate surface area is 136 Å². The van der Waals surface area contributed by atoms with Crippen LogP contribution in [0, 0.1) is 0 Å². The van der Waals surface area contributed by atoms with E-state index in [1.807, 2.05) is 0 Å². The summed E-state index contributed by atoms with van der Waals surface area (Å²) in [5.41, 5.74) is 3.48. The Kier molecular flexibility index (Phi) is 10.1. The van der Waals surface area contributed by atoms with E-state index in [0.717, 1.165) is 0 Å². The molecule has 0 bridgehead atoms. The number of quaternary nitrogens is 1. The number of hydrogen-bond donors (Lipinski definition) is 1. The van der Waals surface area contributed by atoms with Crippen molar-refractivity contribution in [3.63, 3.8) is 0 Å². The smallest absolute Gasteiger partial charge is 0.364 e. The van der Waals surface area contributed by atoms with E-state index in [-0.39, 0.29) is 23.9 Å². The van der Waals surface area contributed by atoms with Crippen molar-refractivity contribution >= 4 is 24.6 Å². The van der Waals surface area contributed by atoms with Gasteiger partial charge in [0.2, 0.25) is 0 Å². The van der Waals surface area contributed by atoms with Gasteiger partial charge < -0.3 is 24.7 Å². The Morgan fingerprint density at radius 1 is 1.17 bits per heavy atom. The molecule has 0 spiro atoms. The zero-order valence-electron chi connectivity index (χ0n) is 13.7. The maximum Gasteiger partial charge on any atom is 0.364 e. The van der Waals surface area contributed by atoms with Crippen LogP contribution in [0.15, 0.2) is 30.3 Å². The van der Waals surface area contributed by atoms with Crippen molar-refractivity contribution in [3.05, 3.63) is 30.3 Å². The van der Waals surface area contributed by atoms with Gasteiger partial charge in [-0.15, -0.1) is 0 Å². The predicted octanol–water partition coefficient (Wildman–Crippen LogP) is -0.307. The molecule has 1 aromatic carbocycles. The van der Waals surface area contributed by atoms with Crippen molar-refractivity contribution in [2.45, 2.75) is 26.8 Å². The molecule has 0 fully saturated rings. The first-order chi connectivity index (χ1) is 10.7. The Morgan fingerprint density at radius 3 is 2.09 bits per heavy atom. The molecule has 1 rings (SSSR count). The molecular weight excluding hydrogens is 321 g/mol. The molecule has 0 amide bonds. The molecule has 0 saturated heterocycles. The van der Waals surface area contributed by atoms with Crippen LogP contribution in [0.25, 0.3) is 0 Å². The third-order valence-electron chi connectivity index (χ3n) is 2.48. The van der Waals surface area contributed by atoms with E-state index >= 15 is 0 Å². The van der Waals surface area contributed by atoms with Crippen LogP contribution in [0.1, 0.15) is 20.8 Å². The van der Waals surface area contributed by atoms with Crippen LogP contribution in [0.4, 0.5) is 0 Å². The number of hydrogen-bond acceptors (Lipinski definition) is 6. The second-order valence-corrected chi connectivity index (χ2v) is 6.80. The molecule has 7 nitrogen and oxygen atoms in total. The van der Waals surface area contributed by atoms with Crippen molar-refractivity contribution in [2.75, 3.05) is 19.4 Å². The van der Waals surface area contributed by atoms with E-state index < -0.39 is 19.5 Å². The first-order valence-corrected chi connectivity index (χ1v) is 9.06. The van der Waals surface area contributed by atoms with Crippen molar-refractivity contribution in [1.82, 2.24) is 0 Å². The first kappa shape index (κ1) is 21.3. The highest BCUT2D eigenvalue weighted by Gasteiger charge is 2.16. The standard InChI is InChI=1S/C10H13O4P.C5H11NO2/c1-2-14-10(11)8-15(12,13)9-6-4-3-5-7-9;1-3-8-5(7)4(2)6/h3-7H,2,8H2,1H3,(H,12,13);4H,3,6H2,1-2H3. The third kappa shape index (κ3) is 9.13. The van der Waals surface area contributed by atoms with Crippen LogP contribution >= 0.6 is 7.37 Å². The topological polar surface area (TPSA) is 120 Å². The lowest BCUT2D eigenvalue weighted by Gasteiger charge is -2.22. The molecule has 0 aliphatic carbocycles. The van der Waals surface area contributed by atoms with Crippen LogP contribution in [-0.4, -0.2) is 37.4 Å². The molecular formula is C15H24NO6P. The normalized spacial score (nSPS) is 13.8. The van der Waals surface area contributed by atoms with Crippen LogP contribution < -0.4 is 15.9 Å². The number of benzene rings is 1. The summed E-state index contributed by atoms with van der Waals surface area (Å²) in [6.07, 6.45) is -0.579. The number of ether oxygens (including phenoxy) is 2. The Hall–Kier alpha value is -1.69. The fourth-order valence-electron chi connectivity index (χ4n) is 1.41. The molecule has 0 aliphatic rings. The van der Waals surface area contributed by atoms with Gasteiger partial charge in [-0.2, -0.15) is 0 Å². The van der Waals surface area contributed by atoms with Gasteiger partial charge in [-0.3, -0.25) is 4.79 Å². The summed E-state index contributed by atoms with van der Waals surface area (Å²) < 4.78 is 20.8. The summed E-state index contributed by atoms with van der Waals surface area (Å²) >= 11 is 0. The van der Waals surface area contributed by atoms with Gasteiger partial charge >= 0.3 is 11.9 Å². The quantitative estimate of drug-likeness (QED) is 0.558. The van der Waals surface area contributed by atoms with Crippen LogP contribution in [-0.2, 0) is 23.6 Å². The molecule has 130 valence electrons. The average molecular weight is 345 g/mol. The van der Waals surface area contributed by atoms with Crippen LogP contribution in [0.2, 0.25) is 0 Å². The van der Waals surface area contributed by atoms with Gasteiger partial charge in [-0.25, -0.2) is 4.79 Å². The molecule has 8 heteroatoms. The lowest BCUT2D eigenvalue weighted by Crippen LogP contribution is -2.63. The predicted molar refractivity (Wildman–Crippen MR) is 84.2 cm³/mol. The highest BCUT2D eigenvalue weighted by atomic mass is 31.2. The molecule has 0 aromatic heterocycles. The van der Waals surface area contributed by atoms with Crippen LogP contribution in [0.5, 0.6) is 0 Å². The third-order valence-corrected chi connectivity index (χ3v) is 4.24.